The van der Waals surface area contributed by atoms with Gasteiger partial charge >= 0.3 is 0 Å². The van der Waals surface area contributed by atoms with Crippen molar-refractivity contribution in [1.82, 2.24) is 0 Å². The van der Waals surface area contributed by atoms with Crippen LogP contribution in [0.4, 0.5) is 0 Å². The van der Waals surface area contributed by atoms with Gasteiger partial charge in [-0.3, -0.25) is 0 Å². The molecule has 17 heavy (non-hydrogen) atoms. The van der Waals surface area contributed by atoms with Crippen LogP contribution in [-0.2, 0) is 0 Å². The molecule has 0 saturated heterocycles. The number of aliphatic hydroxyl groups excluding tert-OH is 1. The summed E-state index contributed by atoms with van der Waals surface area (Å²) in [5.41, 5.74) is 4.98. The van der Waals surface area contributed by atoms with E-state index in [0.29, 0.717) is 5.92 Å². The van der Waals surface area contributed by atoms with Gasteiger partial charge in [0.2, 0.25) is 0 Å². The van der Waals surface area contributed by atoms with Crippen molar-refractivity contribution in [2.75, 3.05) is 0 Å². The summed E-state index contributed by atoms with van der Waals surface area (Å²) in [5, 5.41) is 10.6. The highest BCUT2D eigenvalue weighted by Gasteiger charge is 2.25. The second kappa shape index (κ2) is 5.22. The van der Waals surface area contributed by atoms with Crippen molar-refractivity contribution in [3.63, 3.8) is 0 Å². The lowest BCUT2D eigenvalue weighted by atomic mass is 9.80. The summed E-state index contributed by atoms with van der Waals surface area (Å²) in [6.45, 7) is 6.37. The molecule has 0 bridgehead atoms. The molecule has 0 aromatic heterocycles. The molecule has 1 atom stereocenters. The Balaban J connectivity index is 2.26. The topological polar surface area (TPSA) is 20.2 Å². The van der Waals surface area contributed by atoms with Gasteiger partial charge in [0.05, 0.1) is 6.10 Å². The fourth-order valence-corrected chi connectivity index (χ4v) is 3.34. The van der Waals surface area contributed by atoms with Crippen LogP contribution in [-0.4, -0.2) is 5.11 Å². The Hall–Kier alpha value is -0.820. The van der Waals surface area contributed by atoms with Crippen molar-refractivity contribution in [1.29, 1.82) is 0 Å². The Morgan fingerprint density at radius 3 is 2.06 bits per heavy atom. The number of aryl methyl sites for hydroxylation is 3. The van der Waals surface area contributed by atoms with Gasteiger partial charge in [0.15, 0.2) is 0 Å². The fraction of sp³-hybridized carbons (Fsp3) is 0.625. The van der Waals surface area contributed by atoms with E-state index in [1.54, 1.807) is 0 Å². The molecular weight excluding hydrogens is 208 g/mol. The Bertz CT molecular complexity index is 366. The van der Waals surface area contributed by atoms with E-state index in [0.717, 1.165) is 0 Å². The first-order valence-corrected chi connectivity index (χ1v) is 6.85. The van der Waals surface area contributed by atoms with E-state index in [2.05, 4.69) is 32.9 Å². The summed E-state index contributed by atoms with van der Waals surface area (Å²) >= 11 is 0. The third-order valence-electron chi connectivity index (χ3n) is 4.13. The Labute approximate surface area is 105 Å². The van der Waals surface area contributed by atoms with Crippen molar-refractivity contribution < 1.29 is 5.11 Å². The normalized spacial score (nSPS) is 19.3. The first-order chi connectivity index (χ1) is 8.09. The molecule has 1 N–H and O–H groups in total. The number of hydrogen-bond acceptors (Lipinski definition) is 1. The predicted octanol–water partition coefficient (Wildman–Crippen LogP) is 4.23. The Morgan fingerprint density at radius 2 is 1.53 bits per heavy atom. The van der Waals surface area contributed by atoms with Crippen LogP contribution in [0, 0.1) is 26.7 Å². The molecule has 1 saturated carbocycles. The van der Waals surface area contributed by atoms with Gasteiger partial charge in [-0.15, -0.1) is 0 Å². The summed E-state index contributed by atoms with van der Waals surface area (Å²) in [6, 6.07) is 4.38. The molecule has 1 unspecified atom stereocenters. The van der Waals surface area contributed by atoms with Crippen LogP contribution < -0.4 is 0 Å². The van der Waals surface area contributed by atoms with Crippen molar-refractivity contribution in [2.45, 2.75) is 59.0 Å². The molecule has 1 aliphatic rings. The maximum Gasteiger partial charge on any atom is 0.0823 e. The predicted molar refractivity (Wildman–Crippen MR) is 72.2 cm³/mol. The van der Waals surface area contributed by atoms with Crippen LogP contribution in [0.3, 0.4) is 0 Å². The Morgan fingerprint density at radius 1 is 1.00 bits per heavy atom. The zero-order valence-electron chi connectivity index (χ0n) is 11.3. The maximum atomic E-state index is 10.6. The molecule has 1 fully saturated rings. The molecule has 0 heterocycles. The van der Waals surface area contributed by atoms with Gasteiger partial charge in [-0.1, -0.05) is 37.0 Å². The minimum absolute atomic E-state index is 0.254. The molecule has 0 aliphatic heterocycles. The standard InChI is InChI=1S/C16H24O/c1-11-9-12(2)15(13(3)10-11)16(17)14-7-5-4-6-8-14/h9-10,14,16-17H,4-8H2,1-3H3. The smallest absolute Gasteiger partial charge is 0.0823 e. The molecule has 1 aromatic rings. The van der Waals surface area contributed by atoms with Crippen molar-refractivity contribution in [3.8, 4) is 0 Å². The summed E-state index contributed by atoms with van der Waals surface area (Å²) in [5.74, 6) is 0.476. The third-order valence-corrected chi connectivity index (χ3v) is 4.13. The molecule has 0 amide bonds. The highest BCUT2D eigenvalue weighted by atomic mass is 16.3. The number of aliphatic hydroxyl groups is 1. The summed E-state index contributed by atoms with van der Waals surface area (Å²) in [6.07, 6.45) is 6.03. The van der Waals surface area contributed by atoms with Crippen LogP contribution in [0.5, 0.6) is 0 Å². The highest BCUT2D eigenvalue weighted by molar-refractivity contribution is 5.39. The van der Waals surface area contributed by atoms with Gasteiger partial charge < -0.3 is 5.11 Å². The average molecular weight is 232 g/mol. The van der Waals surface area contributed by atoms with Gasteiger partial charge in [0, 0.05) is 0 Å². The van der Waals surface area contributed by atoms with Crippen LogP contribution in [0.25, 0.3) is 0 Å². The van der Waals surface area contributed by atoms with E-state index < -0.39 is 0 Å². The zero-order valence-corrected chi connectivity index (χ0v) is 11.3. The summed E-state index contributed by atoms with van der Waals surface area (Å²) in [4.78, 5) is 0. The number of benzene rings is 1. The highest BCUT2D eigenvalue weighted by Crippen LogP contribution is 2.37. The molecule has 94 valence electrons. The number of hydrogen-bond donors (Lipinski definition) is 1. The lowest BCUT2D eigenvalue weighted by Gasteiger charge is -2.29. The van der Waals surface area contributed by atoms with E-state index in [9.17, 15) is 5.11 Å². The molecular formula is C16H24O. The van der Waals surface area contributed by atoms with Crippen molar-refractivity contribution >= 4 is 0 Å². The van der Waals surface area contributed by atoms with E-state index in [1.165, 1.54) is 54.4 Å². The van der Waals surface area contributed by atoms with Crippen LogP contribution in [0.2, 0.25) is 0 Å². The molecule has 1 aliphatic carbocycles. The number of rotatable bonds is 2. The van der Waals surface area contributed by atoms with Crippen LogP contribution in [0.1, 0.15) is 60.5 Å². The molecule has 1 heteroatoms. The van der Waals surface area contributed by atoms with E-state index >= 15 is 0 Å². The van der Waals surface area contributed by atoms with Gasteiger partial charge in [-0.25, -0.2) is 0 Å². The largest absolute Gasteiger partial charge is 0.388 e. The minimum Gasteiger partial charge on any atom is -0.388 e. The van der Waals surface area contributed by atoms with Crippen molar-refractivity contribution in [2.24, 2.45) is 5.92 Å². The first-order valence-electron chi connectivity index (χ1n) is 6.85. The third kappa shape index (κ3) is 2.71. The summed E-state index contributed by atoms with van der Waals surface area (Å²) < 4.78 is 0. The van der Waals surface area contributed by atoms with Crippen molar-refractivity contribution in [3.05, 3.63) is 34.4 Å². The monoisotopic (exact) mass is 232 g/mol. The second-order valence-electron chi connectivity index (χ2n) is 5.66. The van der Waals surface area contributed by atoms with E-state index in [-0.39, 0.29) is 6.10 Å². The minimum atomic E-state index is -0.254. The van der Waals surface area contributed by atoms with Gasteiger partial charge in [-0.05, 0) is 56.2 Å². The van der Waals surface area contributed by atoms with E-state index in [4.69, 9.17) is 0 Å². The maximum absolute atomic E-state index is 10.6. The average Bonchev–Trinajstić information content (AvgIpc) is 2.28. The van der Waals surface area contributed by atoms with E-state index in [1.807, 2.05) is 0 Å². The second-order valence-corrected chi connectivity index (χ2v) is 5.66. The van der Waals surface area contributed by atoms with Gasteiger partial charge in [0.1, 0.15) is 0 Å². The SMILES string of the molecule is Cc1cc(C)c(C(O)C2CCCCC2)c(C)c1. The molecule has 1 nitrogen and oxygen atoms in total. The lowest BCUT2D eigenvalue weighted by molar-refractivity contribution is 0.0837. The Kier molecular flexibility index (Phi) is 3.88. The lowest BCUT2D eigenvalue weighted by Crippen LogP contribution is -2.17. The van der Waals surface area contributed by atoms with Crippen LogP contribution >= 0.6 is 0 Å². The fourth-order valence-electron chi connectivity index (χ4n) is 3.34. The molecule has 0 radical (unpaired) electrons. The quantitative estimate of drug-likeness (QED) is 0.809. The molecule has 2 rings (SSSR count). The zero-order chi connectivity index (χ0) is 12.4. The van der Waals surface area contributed by atoms with Crippen LogP contribution in [0.15, 0.2) is 12.1 Å². The molecule has 0 spiro atoms. The first kappa shape index (κ1) is 12.6. The molecule has 1 aromatic carbocycles. The van der Waals surface area contributed by atoms with Gasteiger partial charge in [-0.2, -0.15) is 0 Å². The van der Waals surface area contributed by atoms with Gasteiger partial charge in [0.25, 0.3) is 0 Å². The summed E-state index contributed by atoms with van der Waals surface area (Å²) in [7, 11) is 0.